The maximum absolute atomic E-state index is 12.9. The van der Waals surface area contributed by atoms with Gasteiger partial charge in [-0.2, -0.15) is 0 Å². The van der Waals surface area contributed by atoms with Gasteiger partial charge in [0.05, 0.1) is 23.8 Å². The van der Waals surface area contributed by atoms with E-state index in [0.717, 1.165) is 41.3 Å². The van der Waals surface area contributed by atoms with Crippen LogP contribution in [0.25, 0.3) is 11.0 Å². The third kappa shape index (κ3) is 3.26. The van der Waals surface area contributed by atoms with E-state index in [0.29, 0.717) is 18.9 Å². The predicted octanol–water partition coefficient (Wildman–Crippen LogP) is 4.61. The number of nitrogens with zero attached hydrogens (tertiary/aromatic N) is 3. The van der Waals surface area contributed by atoms with E-state index in [4.69, 9.17) is 9.72 Å². The summed E-state index contributed by atoms with van der Waals surface area (Å²) < 4.78 is 7.80. The van der Waals surface area contributed by atoms with Gasteiger partial charge in [-0.3, -0.25) is 4.79 Å². The second kappa shape index (κ2) is 7.66. The molecule has 2 atom stereocenters. The maximum atomic E-state index is 12.9. The fourth-order valence-electron chi connectivity index (χ4n) is 4.00. The van der Waals surface area contributed by atoms with Gasteiger partial charge in [-0.05, 0) is 30.2 Å². The molecule has 1 aromatic heterocycles. The van der Waals surface area contributed by atoms with Crippen molar-refractivity contribution in [3.8, 4) is 5.75 Å². The van der Waals surface area contributed by atoms with Gasteiger partial charge in [0.25, 0.3) is 0 Å². The fourth-order valence-corrected chi connectivity index (χ4v) is 4.00. The summed E-state index contributed by atoms with van der Waals surface area (Å²) >= 11 is 0. The Kier molecular flexibility index (Phi) is 5.07. The molecule has 1 saturated heterocycles. The Morgan fingerprint density at radius 2 is 1.93 bits per heavy atom. The minimum atomic E-state index is 0.0777. The van der Waals surface area contributed by atoms with Gasteiger partial charge in [-0.25, -0.2) is 4.98 Å². The van der Waals surface area contributed by atoms with Crippen LogP contribution in [0.2, 0.25) is 0 Å². The van der Waals surface area contributed by atoms with Crippen molar-refractivity contribution in [2.45, 2.75) is 39.2 Å². The van der Waals surface area contributed by atoms with Crippen LogP contribution in [0.4, 0.5) is 5.69 Å². The number of imidazole rings is 1. The molecular weight excluding hydrogens is 350 g/mol. The lowest BCUT2D eigenvalue weighted by atomic mass is 10.1. The zero-order valence-corrected chi connectivity index (χ0v) is 16.8. The molecule has 2 aromatic carbocycles. The lowest BCUT2D eigenvalue weighted by Gasteiger charge is -2.20. The number of benzene rings is 2. The topological polar surface area (TPSA) is 47.4 Å². The number of aromatic nitrogens is 2. The fraction of sp³-hybridized carbons (Fsp3) is 0.391. The van der Waals surface area contributed by atoms with Crippen LogP contribution in [0.1, 0.15) is 38.4 Å². The number of carbonyl (C=O) groups excluding carboxylic acids is 1. The number of anilines is 1. The number of hydrogen-bond donors (Lipinski definition) is 0. The highest BCUT2D eigenvalue weighted by Crippen LogP contribution is 2.37. The Morgan fingerprint density at radius 1 is 1.18 bits per heavy atom. The van der Waals surface area contributed by atoms with Gasteiger partial charge >= 0.3 is 0 Å². The van der Waals surface area contributed by atoms with Gasteiger partial charge < -0.3 is 14.2 Å². The maximum Gasteiger partial charge on any atom is 0.227 e. The van der Waals surface area contributed by atoms with E-state index in [9.17, 15) is 4.79 Å². The monoisotopic (exact) mass is 377 g/mol. The molecule has 0 saturated carbocycles. The molecule has 0 aliphatic carbocycles. The van der Waals surface area contributed by atoms with Crippen LogP contribution in [-0.2, 0) is 11.3 Å². The quantitative estimate of drug-likeness (QED) is 0.630. The Hall–Kier alpha value is -2.82. The number of ether oxygens (including phenoxy) is 1. The number of methoxy groups -OCH3 is 1. The summed E-state index contributed by atoms with van der Waals surface area (Å²) in [6.07, 6.45) is 1.59. The molecule has 4 rings (SSSR count). The molecule has 5 heteroatoms. The van der Waals surface area contributed by atoms with Gasteiger partial charge in [0, 0.05) is 25.4 Å². The third-order valence-electron chi connectivity index (χ3n) is 5.74. The first-order valence-electron chi connectivity index (χ1n) is 10.0. The number of rotatable bonds is 6. The molecule has 1 fully saturated rings. The smallest absolute Gasteiger partial charge is 0.227 e. The van der Waals surface area contributed by atoms with E-state index >= 15 is 0 Å². The van der Waals surface area contributed by atoms with Crippen LogP contribution in [0.15, 0.2) is 48.5 Å². The van der Waals surface area contributed by atoms with Crippen molar-refractivity contribution in [3.63, 3.8) is 0 Å². The molecule has 0 radical (unpaired) electrons. The Balaban J connectivity index is 1.71. The molecule has 0 N–H and O–H groups in total. The Bertz CT molecular complexity index is 994. The van der Waals surface area contributed by atoms with Crippen LogP contribution in [0.5, 0.6) is 5.75 Å². The third-order valence-corrected chi connectivity index (χ3v) is 5.74. The minimum absolute atomic E-state index is 0.0777. The average Bonchev–Trinajstić information content (AvgIpc) is 3.28. The van der Waals surface area contributed by atoms with Crippen LogP contribution >= 0.6 is 0 Å². The normalized spacial score (nSPS) is 18.0. The second-order valence-corrected chi connectivity index (χ2v) is 7.66. The lowest BCUT2D eigenvalue weighted by Crippen LogP contribution is -2.25. The van der Waals surface area contributed by atoms with Crippen LogP contribution < -0.4 is 9.64 Å². The first kappa shape index (κ1) is 18.5. The summed E-state index contributed by atoms with van der Waals surface area (Å²) in [4.78, 5) is 19.6. The SMILES string of the molecule is CCC(C)Cn1c(C2CC(=O)N(c3ccccc3OC)C2)nc2ccccc21. The lowest BCUT2D eigenvalue weighted by molar-refractivity contribution is -0.117. The first-order chi connectivity index (χ1) is 13.6. The molecular formula is C23H27N3O2. The highest BCUT2D eigenvalue weighted by Gasteiger charge is 2.36. The average molecular weight is 377 g/mol. The largest absolute Gasteiger partial charge is 0.495 e. The van der Waals surface area contributed by atoms with Crippen molar-refractivity contribution in [3.05, 3.63) is 54.4 Å². The Labute approximate surface area is 165 Å². The van der Waals surface area contributed by atoms with E-state index in [2.05, 4.69) is 36.6 Å². The van der Waals surface area contributed by atoms with E-state index in [1.54, 1.807) is 7.11 Å². The van der Waals surface area contributed by atoms with Crippen molar-refractivity contribution in [2.24, 2.45) is 5.92 Å². The molecule has 1 aliphatic rings. The number of fused-ring (bicyclic) bond motifs is 1. The number of para-hydroxylation sites is 4. The Morgan fingerprint density at radius 3 is 2.71 bits per heavy atom. The summed E-state index contributed by atoms with van der Waals surface area (Å²) in [6, 6.07) is 16.0. The molecule has 146 valence electrons. The molecule has 5 nitrogen and oxygen atoms in total. The summed E-state index contributed by atoms with van der Waals surface area (Å²) in [6.45, 7) is 6.03. The van der Waals surface area contributed by atoms with E-state index in [1.165, 1.54) is 0 Å². The standard InChI is InChI=1S/C23H27N3O2/c1-4-16(2)14-26-19-10-6-5-9-18(19)24-23(26)17-13-22(27)25(15-17)20-11-7-8-12-21(20)28-3/h5-12,16-17H,4,13-15H2,1-3H3. The summed E-state index contributed by atoms with van der Waals surface area (Å²) in [5, 5.41) is 0. The first-order valence-corrected chi connectivity index (χ1v) is 10.0. The van der Waals surface area contributed by atoms with Gasteiger partial charge in [-0.1, -0.05) is 44.5 Å². The van der Waals surface area contributed by atoms with Crippen molar-refractivity contribution in [1.29, 1.82) is 0 Å². The van der Waals surface area contributed by atoms with Gasteiger partial charge in [0.1, 0.15) is 11.6 Å². The van der Waals surface area contributed by atoms with E-state index in [1.807, 2.05) is 35.2 Å². The van der Waals surface area contributed by atoms with Crippen LogP contribution in [0.3, 0.4) is 0 Å². The van der Waals surface area contributed by atoms with Gasteiger partial charge in [0.15, 0.2) is 0 Å². The molecule has 1 amide bonds. The minimum Gasteiger partial charge on any atom is -0.495 e. The summed E-state index contributed by atoms with van der Waals surface area (Å²) in [7, 11) is 1.64. The van der Waals surface area contributed by atoms with E-state index < -0.39 is 0 Å². The molecule has 1 aliphatic heterocycles. The van der Waals surface area contributed by atoms with Gasteiger partial charge in [-0.15, -0.1) is 0 Å². The molecule has 0 bridgehead atoms. The highest BCUT2D eigenvalue weighted by molar-refractivity contribution is 5.97. The number of carbonyl (C=O) groups is 1. The number of amides is 1. The molecule has 28 heavy (non-hydrogen) atoms. The van der Waals surface area contributed by atoms with Crippen molar-refractivity contribution < 1.29 is 9.53 Å². The van der Waals surface area contributed by atoms with Crippen LogP contribution in [0, 0.1) is 5.92 Å². The zero-order valence-electron chi connectivity index (χ0n) is 16.8. The van der Waals surface area contributed by atoms with Crippen molar-refractivity contribution >= 4 is 22.6 Å². The highest BCUT2D eigenvalue weighted by atomic mass is 16.5. The second-order valence-electron chi connectivity index (χ2n) is 7.66. The van der Waals surface area contributed by atoms with Crippen LogP contribution in [-0.4, -0.2) is 29.1 Å². The predicted molar refractivity (Wildman–Crippen MR) is 112 cm³/mol. The van der Waals surface area contributed by atoms with E-state index in [-0.39, 0.29) is 11.8 Å². The number of hydrogen-bond acceptors (Lipinski definition) is 3. The summed E-state index contributed by atoms with van der Waals surface area (Å²) in [5.74, 6) is 2.50. The summed E-state index contributed by atoms with van der Waals surface area (Å²) in [5.41, 5.74) is 2.99. The van der Waals surface area contributed by atoms with Crippen molar-refractivity contribution in [1.82, 2.24) is 9.55 Å². The molecule has 0 spiro atoms. The van der Waals surface area contributed by atoms with Crippen molar-refractivity contribution in [2.75, 3.05) is 18.6 Å². The molecule has 2 unspecified atom stereocenters. The van der Waals surface area contributed by atoms with Gasteiger partial charge in [0.2, 0.25) is 5.91 Å². The molecule has 2 heterocycles. The zero-order chi connectivity index (χ0) is 19.7. The molecule has 3 aromatic rings.